The zero-order valence-corrected chi connectivity index (χ0v) is 41.4. The fourth-order valence-electron chi connectivity index (χ4n) is 11.5. The Balaban J connectivity index is 0.797. The van der Waals surface area contributed by atoms with Crippen LogP contribution in [-0.4, -0.2) is 19.5 Å². The van der Waals surface area contributed by atoms with Crippen LogP contribution in [0.15, 0.2) is 251 Å². The zero-order valence-electron chi connectivity index (χ0n) is 40.6. The predicted octanol–water partition coefficient (Wildman–Crippen LogP) is 19.1. The normalized spacial score (nSPS) is 11.9. The third kappa shape index (κ3) is 6.76. The van der Waals surface area contributed by atoms with Gasteiger partial charge in [0.25, 0.3) is 0 Å². The summed E-state index contributed by atoms with van der Waals surface area (Å²) in [5.41, 5.74) is 16.3. The molecule has 76 heavy (non-hydrogen) atoms. The summed E-state index contributed by atoms with van der Waals surface area (Å²) in [6.07, 6.45) is 0. The molecule has 0 fully saturated rings. The van der Waals surface area contributed by atoms with Gasteiger partial charge >= 0.3 is 0 Å². The standard InChI is InChI=1S/C69H40N4O2S/c1-4-14-41(15-5-1)43-28-33-60-55(36-43)51-31-26-47(40-63(51)75-60)68-70-67(42-16-6-2-7-17-42)71-69(72-68)53-23-13-25-62-65(53)57-38-44(29-34-61(57)74-62)45-30-35-64-56(37-45)52-22-12-21-49(66(52)76-64)46-27-32-59-54(39-46)50-20-10-11-24-58(50)73(59)48-18-8-3-9-19-48/h1-40H. The van der Waals surface area contributed by atoms with Gasteiger partial charge in [-0.3, -0.25) is 0 Å². The van der Waals surface area contributed by atoms with Gasteiger partial charge < -0.3 is 13.4 Å². The molecule has 0 amide bonds. The van der Waals surface area contributed by atoms with Crippen molar-refractivity contribution < 1.29 is 8.83 Å². The lowest BCUT2D eigenvalue weighted by Crippen LogP contribution is -2.00. The summed E-state index contributed by atoms with van der Waals surface area (Å²) in [6.45, 7) is 0. The van der Waals surface area contributed by atoms with Gasteiger partial charge in [0, 0.05) is 74.9 Å². The Morgan fingerprint density at radius 3 is 1.71 bits per heavy atom. The first kappa shape index (κ1) is 42.5. The summed E-state index contributed by atoms with van der Waals surface area (Å²) < 4.78 is 18.0. The minimum absolute atomic E-state index is 0.553. The Kier molecular flexibility index (Phi) is 9.40. The molecule has 354 valence electrons. The Morgan fingerprint density at radius 2 is 0.882 bits per heavy atom. The molecule has 0 bridgehead atoms. The van der Waals surface area contributed by atoms with Crippen LogP contribution in [0.5, 0.6) is 0 Å². The van der Waals surface area contributed by atoms with Crippen molar-refractivity contribution in [1.82, 2.24) is 19.5 Å². The number of aromatic nitrogens is 4. The lowest BCUT2D eigenvalue weighted by atomic mass is 9.98. The van der Waals surface area contributed by atoms with Crippen molar-refractivity contribution in [3.8, 4) is 73.2 Å². The van der Waals surface area contributed by atoms with E-state index < -0.39 is 0 Å². The van der Waals surface area contributed by atoms with Crippen LogP contribution < -0.4 is 0 Å². The molecule has 16 rings (SSSR count). The number of fused-ring (bicyclic) bond motifs is 12. The molecule has 0 unspecified atom stereocenters. The molecule has 0 saturated heterocycles. The van der Waals surface area contributed by atoms with Crippen LogP contribution >= 0.6 is 11.3 Å². The van der Waals surface area contributed by atoms with E-state index in [0.717, 1.165) is 88.5 Å². The van der Waals surface area contributed by atoms with E-state index in [4.69, 9.17) is 23.8 Å². The maximum absolute atomic E-state index is 6.61. The van der Waals surface area contributed by atoms with Gasteiger partial charge in [0.15, 0.2) is 17.5 Å². The fraction of sp³-hybridized carbons (Fsp3) is 0. The van der Waals surface area contributed by atoms with Crippen molar-refractivity contribution in [3.05, 3.63) is 243 Å². The van der Waals surface area contributed by atoms with E-state index in [0.29, 0.717) is 17.5 Å². The van der Waals surface area contributed by atoms with Gasteiger partial charge in [0.05, 0.1) is 11.0 Å². The van der Waals surface area contributed by atoms with E-state index in [2.05, 4.69) is 193 Å². The molecule has 5 aromatic heterocycles. The smallest absolute Gasteiger partial charge is 0.164 e. The summed E-state index contributed by atoms with van der Waals surface area (Å²) in [4.78, 5) is 15.6. The van der Waals surface area contributed by atoms with Gasteiger partial charge in [-0.1, -0.05) is 158 Å². The zero-order chi connectivity index (χ0) is 49.8. The van der Waals surface area contributed by atoms with Crippen molar-refractivity contribution in [2.45, 2.75) is 0 Å². The quantitative estimate of drug-likeness (QED) is 0.159. The SMILES string of the molecule is c1ccc(-c2ccc3oc4cc(-c5nc(-c6ccccc6)nc(-c6cccc7oc8ccc(-c9ccc%10sc%11c(-c%12ccc%13c(c%12)c%12ccccc%12n%13-c%12ccccc%12)cccc%11c%10c9)cc8c67)n5)ccc4c3c2)cc1. The molecular formula is C69H40N4O2S. The topological polar surface area (TPSA) is 69.9 Å². The molecule has 16 aromatic rings. The summed E-state index contributed by atoms with van der Waals surface area (Å²) in [5.74, 6) is 1.69. The van der Waals surface area contributed by atoms with Crippen LogP contribution in [0.4, 0.5) is 0 Å². The van der Waals surface area contributed by atoms with E-state index in [1.807, 2.05) is 65.9 Å². The maximum Gasteiger partial charge on any atom is 0.164 e. The monoisotopic (exact) mass is 988 g/mol. The molecule has 0 radical (unpaired) electrons. The second-order valence-electron chi connectivity index (χ2n) is 19.5. The summed E-state index contributed by atoms with van der Waals surface area (Å²) in [7, 11) is 0. The molecule has 0 atom stereocenters. The maximum atomic E-state index is 6.61. The molecule has 11 aromatic carbocycles. The number of benzene rings is 11. The van der Waals surface area contributed by atoms with Gasteiger partial charge in [-0.05, 0) is 118 Å². The Bertz CT molecular complexity index is 4990. The highest BCUT2D eigenvalue weighted by Crippen LogP contribution is 2.45. The first-order chi connectivity index (χ1) is 37.6. The van der Waals surface area contributed by atoms with E-state index >= 15 is 0 Å². The minimum Gasteiger partial charge on any atom is -0.456 e. The molecule has 0 aliphatic rings. The molecule has 0 spiro atoms. The van der Waals surface area contributed by atoms with Crippen LogP contribution in [0.2, 0.25) is 0 Å². The molecule has 7 heteroatoms. The first-order valence-corrected chi connectivity index (χ1v) is 26.3. The van der Waals surface area contributed by atoms with Gasteiger partial charge in [-0.15, -0.1) is 11.3 Å². The summed E-state index contributed by atoms with van der Waals surface area (Å²) >= 11 is 1.86. The summed E-state index contributed by atoms with van der Waals surface area (Å²) in [5, 5.41) is 9.02. The largest absolute Gasteiger partial charge is 0.456 e. The van der Waals surface area contributed by atoms with Crippen molar-refractivity contribution in [1.29, 1.82) is 0 Å². The molecule has 0 aliphatic heterocycles. The van der Waals surface area contributed by atoms with E-state index in [1.165, 1.54) is 53.1 Å². The molecule has 5 heterocycles. The second kappa shape index (κ2) is 16.8. The molecular weight excluding hydrogens is 949 g/mol. The van der Waals surface area contributed by atoms with Gasteiger partial charge in [-0.25, -0.2) is 15.0 Å². The lowest BCUT2D eigenvalue weighted by Gasteiger charge is -2.09. The third-order valence-corrected chi connectivity index (χ3v) is 16.3. The molecule has 0 aliphatic carbocycles. The van der Waals surface area contributed by atoms with E-state index in [1.54, 1.807) is 0 Å². The highest BCUT2D eigenvalue weighted by Gasteiger charge is 2.21. The van der Waals surface area contributed by atoms with Crippen LogP contribution in [0.25, 0.3) is 159 Å². The molecule has 6 nitrogen and oxygen atoms in total. The second-order valence-corrected chi connectivity index (χ2v) is 20.5. The van der Waals surface area contributed by atoms with E-state index in [-0.39, 0.29) is 0 Å². The van der Waals surface area contributed by atoms with Gasteiger partial charge in [0.2, 0.25) is 0 Å². The van der Waals surface area contributed by atoms with Crippen molar-refractivity contribution >= 4 is 97.2 Å². The molecule has 0 N–H and O–H groups in total. The number of para-hydroxylation sites is 2. The first-order valence-electron chi connectivity index (χ1n) is 25.5. The van der Waals surface area contributed by atoms with Crippen molar-refractivity contribution in [2.24, 2.45) is 0 Å². The van der Waals surface area contributed by atoms with Gasteiger partial charge in [-0.2, -0.15) is 0 Å². The third-order valence-electron chi connectivity index (χ3n) is 15.1. The van der Waals surface area contributed by atoms with Gasteiger partial charge in [0.1, 0.15) is 22.3 Å². The highest BCUT2D eigenvalue weighted by atomic mass is 32.1. The molecule has 0 saturated carbocycles. The Hall–Kier alpha value is -9.95. The predicted molar refractivity (Wildman–Crippen MR) is 314 cm³/mol. The number of thiophene rings is 1. The van der Waals surface area contributed by atoms with Crippen LogP contribution in [0.1, 0.15) is 0 Å². The number of hydrogen-bond donors (Lipinski definition) is 0. The minimum atomic E-state index is 0.553. The number of rotatable bonds is 7. The fourth-order valence-corrected chi connectivity index (χ4v) is 12.7. The van der Waals surface area contributed by atoms with E-state index in [9.17, 15) is 0 Å². The Morgan fingerprint density at radius 1 is 0.303 bits per heavy atom. The van der Waals surface area contributed by atoms with Crippen LogP contribution in [-0.2, 0) is 0 Å². The average molecular weight is 989 g/mol. The number of furan rings is 2. The Labute approximate surface area is 439 Å². The van der Waals surface area contributed by atoms with Crippen LogP contribution in [0, 0.1) is 0 Å². The number of nitrogens with zero attached hydrogens (tertiary/aromatic N) is 4. The lowest BCUT2D eigenvalue weighted by molar-refractivity contribution is 0.668. The van der Waals surface area contributed by atoms with Crippen molar-refractivity contribution in [3.63, 3.8) is 0 Å². The average Bonchev–Trinajstić information content (AvgIpc) is 4.28. The number of hydrogen-bond acceptors (Lipinski definition) is 6. The highest BCUT2D eigenvalue weighted by molar-refractivity contribution is 7.26. The summed E-state index contributed by atoms with van der Waals surface area (Å²) in [6, 6.07) is 85.7. The van der Waals surface area contributed by atoms with Crippen molar-refractivity contribution in [2.75, 3.05) is 0 Å². The van der Waals surface area contributed by atoms with Crippen LogP contribution in [0.3, 0.4) is 0 Å².